The molecule has 1 amide bonds. The highest BCUT2D eigenvalue weighted by molar-refractivity contribution is 6.31. The number of hydrogen-bond acceptors (Lipinski definition) is 5. The van der Waals surface area contributed by atoms with E-state index in [1.54, 1.807) is 12.1 Å². The smallest absolute Gasteiger partial charge is 0.357 e. The highest BCUT2D eigenvalue weighted by atomic mass is 35.5. The van der Waals surface area contributed by atoms with Crippen LogP contribution in [0.1, 0.15) is 21.0 Å². The first-order chi connectivity index (χ1) is 9.52. The van der Waals surface area contributed by atoms with Crippen LogP contribution in [0.15, 0.2) is 30.5 Å². The number of primary amides is 1. The molecule has 2 heterocycles. The molecule has 0 radical (unpaired) electrons. The Morgan fingerprint density at radius 2 is 2.10 bits per heavy atom. The van der Waals surface area contributed by atoms with Gasteiger partial charge in [0.25, 0.3) is 5.91 Å². The number of methoxy groups -OCH3 is 1. The van der Waals surface area contributed by atoms with E-state index in [0.29, 0.717) is 11.3 Å². The molecule has 2 aromatic rings. The van der Waals surface area contributed by atoms with E-state index in [1.807, 2.05) is 0 Å². The molecule has 0 unspecified atom stereocenters. The Hall–Kier alpha value is -2.47. The summed E-state index contributed by atoms with van der Waals surface area (Å²) < 4.78 is 4.65. The Labute approximate surface area is 119 Å². The first-order valence-electron chi connectivity index (χ1n) is 5.54. The third-order valence-electron chi connectivity index (χ3n) is 2.50. The van der Waals surface area contributed by atoms with Crippen LogP contribution in [0, 0.1) is 0 Å². The Morgan fingerprint density at radius 3 is 2.75 bits per heavy atom. The van der Waals surface area contributed by atoms with E-state index >= 15 is 0 Å². The number of nitrogens with two attached hydrogens (primary N) is 1. The van der Waals surface area contributed by atoms with Gasteiger partial charge in [-0.25, -0.2) is 14.8 Å². The van der Waals surface area contributed by atoms with Gasteiger partial charge in [0.05, 0.1) is 12.8 Å². The summed E-state index contributed by atoms with van der Waals surface area (Å²) in [6, 6.07) is 6.12. The van der Waals surface area contributed by atoms with Crippen LogP contribution in [0.25, 0.3) is 11.3 Å². The average molecular weight is 292 g/mol. The minimum absolute atomic E-state index is 0.00664. The van der Waals surface area contributed by atoms with Crippen molar-refractivity contribution in [1.29, 1.82) is 0 Å². The summed E-state index contributed by atoms with van der Waals surface area (Å²) in [6.45, 7) is 0. The van der Waals surface area contributed by atoms with Gasteiger partial charge in [-0.2, -0.15) is 0 Å². The summed E-state index contributed by atoms with van der Waals surface area (Å²) in [4.78, 5) is 30.9. The van der Waals surface area contributed by atoms with Gasteiger partial charge in [-0.3, -0.25) is 4.79 Å². The molecule has 102 valence electrons. The quantitative estimate of drug-likeness (QED) is 0.868. The number of carbonyl (C=O) groups is 2. The minimum Gasteiger partial charge on any atom is -0.464 e. The second-order valence-electron chi connectivity index (χ2n) is 3.81. The lowest BCUT2D eigenvalue weighted by Crippen LogP contribution is -2.14. The SMILES string of the molecule is COC(=O)c1ncccc1-c1cc(Cl)cc(C(N)=O)n1. The Kier molecular flexibility index (Phi) is 3.95. The van der Waals surface area contributed by atoms with E-state index < -0.39 is 11.9 Å². The van der Waals surface area contributed by atoms with E-state index in [-0.39, 0.29) is 16.4 Å². The number of rotatable bonds is 3. The summed E-state index contributed by atoms with van der Waals surface area (Å²) >= 11 is 5.93. The zero-order chi connectivity index (χ0) is 14.7. The molecule has 0 aliphatic rings. The molecule has 0 aliphatic carbocycles. The number of nitrogens with zero attached hydrogens (tertiary/aromatic N) is 2. The van der Waals surface area contributed by atoms with Crippen molar-refractivity contribution in [3.05, 3.63) is 46.9 Å². The predicted octanol–water partition coefficient (Wildman–Crippen LogP) is 1.68. The maximum Gasteiger partial charge on any atom is 0.357 e. The number of hydrogen-bond donors (Lipinski definition) is 1. The molecule has 0 fully saturated rings. The molecule has 0 saturated heterocycles. The van der Waals surface area contributed by atoms with Crippen molar-refractivity contribution in [1.82, 2.24) is 9.97 Å². The normalized spacial score (nSPS) is 10.1. The first-order valence-corrected chi connectivity index (χ1v) is 5.92. The van der Waals surface area contributed by atoms with Crippen molar-refractivity contribution >= 4 is 23.5 Å². The Bertz CT molecular complexity index is 688. The molecule has 0 atom stereocenters. The lowest BCUT2D eigenvalue weighted by Gasteiger charge is -2.07. The maximum absolute atomic E-state index is 11.7. The van der Waals surface area contributed by atoms with Gasteiger partial charge in [-0.1, -0.05) is 11.6 Å². The van der Waals surface area contributed by atoms with E-state index in [0.717, 1.165) is 0 Å². The van der Waals surface area contributed by atoms with Crippen molar-refractivity contribution in [3.8, 4) is 11.3 Å². The molecular formula is C13H10ClN3O3. The van der Waals surface area contributed by atoms with E-state index in [4.69, 9.17) is 17.3 Å². The van der Waals surface area contributed by atoms with Crippen molar-refractivity contribution in [2.75, 3.05) is 7.11 Å². The monoisotopic (exact) mass is 291 g/mol. The van der Waals surface area contributed by atoms with Crippen LogP contribution in [0.4, 0.5) is 0 Å². The second kappa shape index (κ2) is 5.66. The molecule has 2 aromatic heterocycles. The van der Waals surface area contributed by atoms with Gasteiger partial charge >= 0.3 is 5.97 Å². The first kappa shape index (κ1) is 14.0. The number of ether oxygens (including phenoxy) is 1. The van der Waals surface area contributed by atoms with Gasteiger partial charge in [0.1, 0.15) is 5.69 Å². The largest absolute Gasteiger partial charge is 0.464 e. The van der Waals surface area contributed by atoms with Crippen LogP contribution in [0.5, 0.6) is 0 Å². The maximum atomic E-state index is 11.7. The Balaban J connectivity index is 2.63. The summed E-state index contributed by atoms with van der Waals surface area (Å²) in [5.41, 5.74) is 6.00. The Morgan fingerprint density at radius 1 is 1.35 bits per heavy atom. The molecule has 2 N–H and O–H groups in total. The molecule has 7 heteroatoms. The van der Waals surface area contributed by atoms with Crippen LogP contribution in [-0.2, 0) is 4.74 Å². The number of pyridine rings is 2. The molecule has 0 bridgehead atoms. The van der Waals surface area contributed by atoms with Crippen LogP contribution < -0.4 is 5.73 Å². The summed E-state index contributed by atoms with van der Waals surface area (Å²) in [5.74, 6) is -1.32. The second-order valence-corrected chi connectivity index (χ2v) is 4.25. The third kappa shape index (κ3) is 2.75. The van der Waals surface area contributed by atoms with Gasteiger partial charge in [-0.05, 0) is 24.3 Å². The highest BCUT2D eigenvalue weighted by Crippen LogP contribution is 2.24. The van der Waals surface area contributed by atoms with E-state index in [9.17, 15) is 9.59 Å². The predicted molar refractivity (Wildman–Crippen MR) is 72.3 cm³/mol. The van der Waals surface area contributed by atoms with Gasteiger partial charge in [0, 0.05) is 16.8 Å². The van der Waals surface area contributed by atoms with E-state index in [2.05, 4.69) is 14.7 Å². The van der Waals surface area contributed by atoms with Crippen LogP contribution >= 0.6 is 11.6 Å². The van der Waals surface area contributed by atoms with Gasteiger partial charge in [-0.15, -0.1) is 0 Å². The number of halogens is 1. The van der Waals surface area contributed by atoms with Crippen molar-refractivity contribution in [2.45, 2.75) is 0 Å². The fraction of sp³-hybridized carbons (Fsp3) is 0.0769. The van der Waals surface area contributed by atoms with Gasteiger partial charge in [0.2, 0.25) is 0 Å². The molecule has 6 nitrogen and oxygen atoms in total. The number of esters is 1. The number of aromatic nitrogens is 2. The topological polar surface area (TPSA) is 95.2 Å². The third-order valence-corrected chi connectivity index (χ3v) is 2.72. The molecule has 20 heavy (non-hydrogen) atoms. The van der Waals surface area contributed by atoms with Crippen LogP contribution in [-0.4, -0.2) is 29.0 Å². The fourth-order valence-electron chi connectivity index (χ4n) is 1.63. The zero-order valence-electron chi connectivity index (χ0n) is 10.5. The van der Waals surface area contributed by atoms with Crippen LogP contribution in [0.2, 0.25) is 5.02 Å². The standard InChI is InChI=1S/C13H10ClN3O3/c1-20-13(19)11-8(3-2-4-16-11)9-5-7(14)6-10(17-9)12(15)18/h2-6H,1H3,(H2,15,18). The lowest BCUT2D eigenvalue weighted by atomic mass is 10.1. The van der Waals surface area contributed by atoms with Crippen molar-refractivity contribution in [3.63, 3.8) is 0 Å². The number of carbonyl (C=O) groups excluding carboxylic acids is 2. The molecule has 0 saturated carbocycles. The molecule has 0 spiro atoms. The van der Waals surface area contributed by atoms with Crippen LogP contribution in [0.3, 0.4) is 0 Å². The zero-order valence-corrected chi connectivity index (χ0v) is 11.2. The van der Waals surface area contributed by atoms with Crippen molar-refractivity contribution < 1.29 is 14.3 Å². The molecule has 0 aliphatic heterocycles. The fourth-order valence-corrected chi connectivity index (χ4v) is 1.84. The molecule has 2 rings (SSSR count). The molecular weight excluding hydrogens is 282 g/mol. The van der Waals surface area contributed by atoms with E-state index in [1.165, 1.54) is 25.4 Å². The lowest BCUT2D eigenvalue weighted by molar-refractivity contribution is 0.0595. The summed E-state index contributed by atoms with van der Waals surface area (Å²) in [7, 11) is 1.25. The molecule has 0 aromatic carbocycles. The van der Waals surface area contributed by atoms with Gasteiger partial charge < -0.3 is 10.5 Å². The average Bonchev–Trinajstić information content (AvgIpc) is 2.45. The number of amides is 1. The van der Waals surface area contributed by atoms with Crippen molar-refractivity contribution in [2.24, 2.45) is 5.73 Å². The minimum atomic E-state index is -0.711. The highest BCUT2D eigenvalue weighted by Gasteiger charge is 2.17. The summed E-state index contributed by atoms with van der Waals surface area (Å²) in [5, 5.41) is 0.281. The summed E-state index contributed by atoms with van der Waals surface area (Å²) in [6.07, 6.45) is 1.45. The van der Waals surface area contributed by atoms with Gasteiger partial charge in [0.15, 0.2) is 5.69 Å².